The third-order valence-electron chi connectivity index (χ3n) is 6.35. The number of carbonyl (C=O) groups is 3. The highest BCUT2D eigenvalue weighted by Gasteiger charge is 2.38. The Morgan fingerprint density at radius 2 is 1.87 bits per heavy atom. The highest BCUT2D eigenvalue weighted by Crippen LogP contribution is 2.28. The average Bonchev–Trinajstić information content (AvgIpc) is 3.37. The predicted molar refractivity (Wildman–Crippen MR) is 150 cm³/mol. The molecule has 10 nitrogen and oxygen atoms in total. The van der Waals surface area contributed by atoms with Crippen molar-refractivity contribution in [3.05, 3.63) is 39.9 Å². The zero-order chi connectivity index (χ0) is 27.7. The van der Waals surface area contributed by atoms with E-state index in [0.29, 0.717) is 29.5 Å². The average molecular weight is 567 g/mol. The molecule has 12 heteroatoms. The monoisotopic (exact) mass is 566 g/mol. The number of nitrogens with one attached hydrogen (secondary N) is 2. The molecule has 0 bridgehead atoms. The fraction of sp³-hybridized carbons (Fsp3) is 0.654. The number of rotatable bonds is 10. The standard InChI is InChI=1S/C26H38N4O6S2/c1-26(2,3)36-25(33)29-13-14-38-24(29)23(32)28-21(17-37-16-19-7-5-4-6-8-19)22(31)27-15-18-9-11-20(12-10-18)30(34)35/h9-12,19,21,24H,4-8,13-17H2,1-3H3,(H,27,31)(H,28,32). The van der Waals surface area contributed by atoms with E-state index in [2.05, 4.69) is 10.6 Å². The van der Waals surface area contributed by atoms with Crippen LogP contribution in [0.4, 0.5) is 10.5 Å². The first-order valence-electron chi connectivity index (χ1n) is 13.0. The molecule has 3 rings (SSSR count). The zero-order valence-corrected chi connectivity index (χ0v) is 23.9. The summed E-state index contributed by atoms with van der Waals surface area (Å²) in [7, 11) is 0. The number of amides is 3. The highest BCUT2D eigenvalue weighted by atomic mass is 32.2. The Bertz CT molecular complexity index is 979. The lowest BCUT2D eigenvalue weighted by atomic mass is 9.91. The molecular formula is C26H38N4O6S2. The summed E-state index contributed by atoms with van der Waals surface area (Å²) in [5, 5.41) is 15.8. The van der Waals surface area contributed by atoms with Gasteiger partial charge in [-0.2, -0.15) is 11.8 Å². The Hall–Kier alpha value is -2.47. The lowest BCUT2D eigenvalue weighted by Crippen LogP contribution is -2.53. The second kappa shape index (κ2) is 14.1. The molecule has 210 valence electrons. The SMILES string of the molecule is CC(C)(C)OC(=O)N1CCSC1C(=O)NC(CSCC1CCCCC1)C(=O)NCc1ccc([N+](=O)[O-])cc1. The van der Waals surface area contributed by atoms with E-state index in [1.165, 1.54) is 60.9 Å². The van der Waals surface area contributed by atoms with Gasteiger partial charge < -0.3 is 15.4 Å². The number of nitrogens with zero attached hydrogens (tertiary/aromatic N) is 2. The number of non-ortho nitro benzene ring substituents is 1. The van der Waals surface area contributed by atoms with Gasteiger partial charge in [-0.1, -0.05) is 31.4 Å². The van der Waals surface area contributed by atoms with Gasteiger partial charge in [-0.25, -0.2) is 4.79 Å². The number of nitro groups is 1. The smallest absolute Gasteiger partial charge is 0.411 e. The van der Waals surface area contributed by atoms with Crippen molar-refractivity contribution < 1.29 is 24.0 Å². The molecule has 1 heterocycles. The molecule has 1 aromatic rings. The van der Waals surface area contributed by atoms with Crippen LogP contribution in [0.25, 0.3) is 0 Å². The summed E-state index contributed by atoms with van der Waals surface area (Å²) >= 11 is 3.01. The highest BCUT2D eigenvalue weighted by molar-refractivity contribution is 8.00. The molecule has 1 aliphatic heterocycles. The summed E-state index contributed by atoms with van der Waals surface area (Å²) in [5.41, 5.74) is 0.0146. The van der Waals surface area contributed by atoms with Crippen molar-refractivity contribution in [3.63, 3.8) is 0 Å². The van der Waals surface area contributed by atoms with E-state index in [4.69, 9.17) is 4.74 Å². The molecule has 1 aliphatic carbocycles. The van der Waals surface area contributed by atoms with E-state index in [-0.39, 0.29) is 18.1 Å². The summed E-state index contributed by atoms with van der Waals surface area (Å²) in [6, 6.07) is 5.19. The molecular weight excluding hydrogens is 528 g/mol. The van der Waals surface area contributed by atoms with Crippen molar-refractivity contribution in [2.24, 2.45) is 5.92 Å². The molecule has 0 radical (unpaired) electrons. The summed E-state index contributed by atoms with van der Waals surface area (Å²) in [6.07, 6.45) is 5.59. The molecule has 1 saturated carbocycles. The van der Waals surface area contributed by atoms with Gasteiger partial charge in [0, 0.05) is 36.7 Å². The van der Waals surface area contributed by atoms with Gasteiger partial charge in [0.2, 0.25) is 5.91 Å². The van der Waals surface area contributed by atoms with Gasteiger partial charge in [0.15, 0.2) is 5.37 Å². The zero-order valence-electron chi connectivity index (χ0n) is 22.3. The molecule has 0 aromatic heterocycles. The third kappa shape index (κ3) is 9.37. The summed E-state index contributed by atoms with van der Waals surface area (Å²) < 4.78 is 5.47. The van der Waals surface area contributed by atoms with Crippen LogP contribution in [0.2, 0.25) is 0 Å². The fourth-order valence-electron chi connectivity index (χ4n) is 4.37. The molecule has 1 saturated heterocycles. The van der Waals surface area contributed by atoms with Gasteiger partial charge in [0.1, 0.15) is 11.6 Å². The van der Waals surface area contributed by atoms with E-state index >= 15 is 0 Å². The van der Waals surface area contributed by atoms with Crippen LogP contribution < -0.4 is 10.6 Å². The van der Waals surface area contributed by atoms with E-state index in [0.717, 1.165) is 5.75 Å². The van der Waals surface area contributed by atoms with Gasteiger partial charge in [-0.3, -0.25) is 24.6 Å². The van der Waals surface area contributed by atoms with Gasteiger partial charge in [0.05, 0.1) is 4.92 Å². The van der Waals surface area contributed by atoms with E-state index in [9.17, 15) is 24.5 Å². The van der Waals surface area contributed by atoms with E-state index in [1.807, 2.05) is 0 Å². The second-order valence-corrected chi connectivity index (χ2v) is 12.9. The molecule has 2 atom stereocenters. The van der Waals surface area contributed by atoms with Crippen LogP contribution in [-0.4, -0.2) is 68.6 Å². The maximum Gasteiger partial charge on any atom is 0.411 e. The molecule has 2 fully saturated rings. The molecule has 2 aliphatic rings. The summed E-state index contributed by atoms with van der Waals surface area (Å²) in [6.45, 7) is 5.90. The number of benzene rings is 1. The Kier molecular flexibility index (Phi) is 11.1. The molecule has 1 aromatic carbocycles. The summed E-state index contributed by atoms with van der Waals surface area (Å²) in [5.74, 6) is 1.85. The lowest BCUT2D eigenvalue weighted by molar-refractivity contribution is -0.384. The number of carbonyl (C=O) groups excluding carboxylic acids is 3. The number of nitro benzene ring substituents is 1. The van der Waals surface area contributed by atoms with Gasteiger partial charge in [-0.15, -0.1) is 11.8 Å². The van der Waals surface area contributed by atoms with Crippen LogP contribution in [0.15, 0.2) is 24.3 Å². The van der Waals surface area contributed by atoms with Crippen LogP contribution >= 0.6 is 23.5 Å². The van der Waals surface area contributed by atoms with Gasteiger partial charge in [-0.05, 0) is 50.8 Å². The number of hydrogen-bond acceptors (Lipinski definition) is 8. The second-order valence-electron chi connectivity index (χ2n) is 10.6. The quantitative estimate of drug-likeness (QED) is 0.316. The maximum absolute atomic E-state index is 13.2. The number of thioether (sulfide) groups is 2. The van der Waals surface area contributed by atoms with Crippen molar-refractivity contribution in [1.82, 2.24) is 15.5 Å². The Balaban J connectivity index is 1.62. The Morgan fingerprint density at radius 1 is 1.18 bits per heavy atom. The Morgan fingerprint density at radius 3 is 2.50 bits per heavy atom. The van der Waals surface area contributed by atoms with Gasteiger partial charge >= 0.3 is 6.09 Å². The molecule has 38 heavy (non-hydrogen) atoms. The summed E-state index contributed by atoms with van der Waals surface area (Å²) in [4.78, 5) is 50.9. The predicted octanol–water partition coefficient (Wildman–Crippen LogP) is 4.32. The molecule has 2 unspecified atom stereocenters. The van der Waals surface area contributed by atoms with Crippen molar-refractivity contribution >= 4 is 47.1 Å². The first-order chi connectivity index (χ1) is 18.0. The van der Waals surface area contributed by atoms with E-state index in [1.54, 1.807) is 44.7 Å². The molecule has 3 amide bonds. The third-order valence-corrected chi connectivity index (χ3v) is 8.83. The Labute approximate surface area is 232 Å². The first-order valence-corrected chi connectivity index (χ1v) is 15.2. The van der Waals surface area contributed by atoms with Crippen LogP contribution in [0, 0.1) is 16.0 Å². The minimum Gasteiger partial charge on any atom is -0.444 e. The number of ether oxygens (including phenoxy) is 1. The normalized spacial score (nSPS) is 19.0. The van der Waals surface area contributed by atoms with Crippen molar-refractivity contribution in [3.8, 4) is 0 Å². The van der Waals surface area contributed by atoms with Gasteiger partial charge in [0.25, 0.3) is 11.6 Å². The van der Waals surface area contributed by atoms with Crippen molar-refractivity contribution in [1.29, 1.82) is 0 Å². The molecule has 0 spiro atoms. The van der Waals surface area contributed by atoms with Crippen LogP contribution in [-0.2, 0) is 20.9 Å². The fourth-order valence-corrected chi connectivity index (χ4v) is 6.76. The minimum absolute atomic E-state index is 0.0204. The van der Waals surface area contributed by atoms with E-state index < -0.39 is 33.9 Å². The van der Waals surface area contributed by atoms with Crippen LogP contribution in [0.5, 0.6) is 0 Å². The number of hydrogen-bond donors (Lipinski definition) is 2. The van der Waals surface area contributed by atoms with Crippen molar-refractivity contribution in [2.75, 3.05) is 23.8 Å². The molecule has 2 N–H and O–H groups in total. The van der Waals surface area contributed by atoms with Crippen LogP contribution in [0.1, 0.15) is 58.4 Å². The minimum atomic E-state index is -0.782. The van der Waals surface area contributed by atoms with Crippen molar-refractivity contribution in [2.45, 2.75) is 76.4 Å². The maximum atomic E-state index is 13.2. The largest absolute Gasteiger partial charge is 0.444 e. The lowest BCUT2D eigenvalue weighted by Gasteiger charge is -2.28. The van der Waals surface area contributed by atoms with Crippen LogP contribution in [0.3, 0.4) is 0 Å². The topological polar surface area (TPSA) is 131 Å². The first kappa shape index (κ1) is 30.1.